The van der Waals surface area contributed by atoms with Crippen molar-refractivity contribution in [3.63, 3.8) is 0 Å². The average molecular weight is 300 g/mol. The molecule has 0 aliphatic heterocycles. The number of rotatable bonds is 5. The van der Waals surface area contributed by atoms with Crippen molar-refractivity contribution >= 4 is 23.5 Å². The van der Waals surface area contributed by atoms with Gasteiger partial charge in [0.1, 0.15) is 5.82 Å². The fraction of sp³-hybridized carbons (Fsp3) is 0.429. The first-order valence-corrected chi connectivity index (χ1v) is 6.74. The standard InChI is InChI=1S/C14H15ClFNO3/c1-7(14(19)20)6-17-13(18)9-5-8(9)12-10(15)3-2-4-11(12)16/h2-4,7-9H,5-6H2,1H3,(H,17,18)(H,19,20)/t7-,8+,9+/m1/s1. The van der Waals surface area contributed by atoms with Crippen molar-refractivity contribution < 1.29 is 19.1 Å². The smallest absolute Gasteiger partial charge is 0.308 e. The monoisotopic (exact) mass is 299 g/mol. The molecule has 6 heteroatoms. The normalized spacial score (nSPS) is 22.1. The summed E-state index contributed by atoms with van der Waals surface area (Å²) in [6.45, 7) is 1.59. The lowest BCUT2D eigenvalue weighted by molar-refractivity contribution is -0.141. The van der Waals surface area contributed by atoms with Gasteiger partial charge in [-0.1, -0.05) is 24.6 Å². The molecule has 3 atom stereocenters. The number of benzene rings is 1. The average Bonchev–Trinajstić information content (AvgIpc) is 3.15. The molecule has 0 saturated heterocycles. The Kier molecular flexibility index (Phi) is 4.28. The number of hydrogen-bond donors (Lipinski definition) is 2. The Balaban J connectivity index is 1.95. The Morgan fingerprint density at radius 1 is 1.55 bits per heavy atom. The molecule has 1 fully saturated rings. The second kappa shape index (κ2) is 5.79. The van der Waals surface area contributed by atoms with E-state index in [0.717, 1.165) is 0 Å². The third kappa shape index (κ3) is 3.10. The van der Waals surface area contributed by atoms with Crippen molar-refractivity contribution in [3.8, 4) is 0 Å². The molecule has 1 aromatic rings. The van der Waals surface area contributed by atoms with Gasteiger partial charge in [-0.3, -0.25) is 9.59 Å². The van der Waals surface area contributed by atoms with Crippen LogP contribution in [0.3, 0.4) is 0 Å². The first-order chi connectivity index (χ1) is 9.41. The Labute approximate surface area is 120 Å². The summed E-state index contributed by atoms with van der Waals surface area (Å²) in [7, 11) is 0. The second-order valence-corrected chi connectivity index (χ2v) is 5.48. The summed E-state index contributed by atoms with van der Waals surface area (Å²) in [4.78, 5) is 22.5. The summed E-state index contributed by atoms with van der Waals surface area (Å²) in [6.07, 6.45) is 0.536. The van der Waals surface area contributed by atoms with Crippen LogP contribution >= 0.6 is 11.6 Å². The van der Waals surface area contributed by atoms with Gasteiger partial charge in [-0.05, 0) is 18.6 Å². The van der Waals surface area contributed by atoms with E-state index >= 15 is 0 Å². The number of hydrogen-bond acceptors (Lipinski definition) is 2. The van der Waals surface area contributed by atoms with Gasteiger partial charge in [-0.2, -0.15) is 0 Å². The first-order valence-electron chi connectivity index (χ1n) is 6.36. The Bertz CT molecular complexity index is 529. The van der Waals surface area contributed by atoms with Gasteiger partial charge in [0, 0.05) is 29.0 Å². The van der Waals surface area contributed by atoms with E-state index < -0.39 is 17.7 Å². The first kappa shape index (κ1) is 14.8. The van der Waals surface area contributed by atoms with Crippen molar-refractivity contribution in [1.29, 1.82) is 0 Å². The Hall–Kier alpha value is -1.62. The summed E-state index contributed by atoms with van der Waals surface area (Å²) < 4.78 is 13.7. The molecule has 4 nitrogen and oxygen atoms in total. The molecule has 0 spiro atoms. The zero-order valence-electron chi connectivity index (χ0n) is 10.9. The van der Waals surface area contributed by atoms with Crippen LogP contribution in [-0.2, 0) is 9.59 Å². The van der Waals surface area contributed by atoms with Gasteiger partial charge in [-0.15, -0.1) is 0 Å². The molecule has 1 aliphatic rings. The molecule has 2 N–H and O–H groups in total. The molecule has 0 unspecified atom stereocenters. The van der Waals surface area contributed by atoms with Crippen molar-refractivity contribution in [1.82, 2.24) is 5.32 Å². The molecular weight excluding hydrogens is 285 g/mol. The molecule has 2 rings (SSSR count). The van der Waals surface area contributed by atoms with Crippen LogP contribution in [0, 0.1) is 17.7 Å². The minimum Gasteiger partial charge on any atom is -0.481 e. The summed E-state index contributed by atoms with van der Waals surface area (Å²) in [5.41, 5.74) is 0.376. The number of carbonyl (C=O) groups excluding carboxylic acids is 1. The molecule has 1 saturated carbocycles. The topological polar surface area (TPSA) is 66.4 Å². The van der Waals surface area contributed by atoms with E-state index in [1.807, 2.05) is 0 Å². The van der Waals surface area contributed by atoms with Crippen molar-refractivity contribution in [3.05, 3.63) is 34.6 Å². The van der Waals surface area contributed by atoms with Crippen LogP contribution in [0.2, 0.25) is 5.02 Å². The lowest BCUT2D eigenvalue weighted by atomic mass is 10.1. The molecule has 108 valence electrons. The molecule has 20 heavy (non-hydrogen) atoms. The molecule has 0 radical (unpaired) electrons. The quantitative estimate of drug-likeness (QED) is 0.877. The zero-order valence-corrected chi connectivity index (χ0v) is 11.7. The Morgan fingerprint density at radius 2 is 2.25 bits per heavy atom. The molecule has 0 aromatic heterocycles. The summed E-state index contributed by atoms with van der Waals surface area (Å²) in [5, 5.41) is 11.6. The maximum atomic E-state index is 13.7. The summed E-state index contributed by atoms with van der Waals surface area (Å²) >= 11 is 5.95. The van der Waals surface area contributed by atoms with Crippen LogP contribution in [0.25, 0.3) is 0 Å². The van der Waals surface area contributed by atoms with E-state index in [2.05, 4.69) is 5.32 Å². The fourth-order valence-electron chi connectivity index (χ4n) is 2.14. The van der Waals surface area contributed by atoms with Gasteiger partial charge in [0.25, 0.3) is 0 Å². The Morgan fingerprint density at radius 3 is 2.85 bits per heavy atom. The SMILES string of the molecule is C[C@H](CNC(=O)[C@H]1C[C@@H]1c1c(F)cccc1Cl)C(=O)O. The van der Waals surface area contributed by atoms with E-state index in [0.29, 0.717) is 17.0 Å². The van der Waals surface area contributed by atoms with Crippen LogP contribution < -0.4 is 5.32 Å². The fourth-order valence-corrected chi connectivity index (χ4v) is 2.44. The number of amides is 1. The third-order valence-corrected chi connectivity index (χ3v) is 3.83. The minimum atomic E-state index is -0.963. The molecule has 1 aromatic carbocycles. The predicted molar refractivity (Wildman–Crippen MR) is 72.1 cm³/mol. The highest BCUT2D eigenvalue weighted by Gasteiger charge is 2.46. The number of carboxylic acid groups (broad SMARTS) is 1. The lowest BCUT2D eigenvalue weighted by Crippen LogP contribution is -2.32. The van der Waals surface area contributed by atoms with Gasteiger partial charge < -0.3 is 10.4 Å². The lowest BCUT2D eigenvalue weighted by Gasteiger charge is -2.09. The van der Waals surface area contributed by atoms with Gasteiger partial charge in [0.15, 0.2) is 0 Å². The molecular formula is C14H15ClFNO3. The van der Waals surface area contributed by atoms with Gasteiger partial charge in [-0.25, -0.2) is 4.39 Å². The van der Waals surface area contributed by atoms with E-state index in [-0.39, 0.29) is 24.3 Å². The van der Waals surface area contributed by atoms with Gasteiger partial charge in [0.2, 0.25) is 5.91 Å². The van der Waals surface area contributed by atoms with Crippen LogP contribution in [0.1, 0.15) is 24.8 Å². The maximum absolute atomic E-state index is 13.7. The van der Waals surface area contributed by atoms with Gasteiger partial charge >= 0.3 is 5.97 Å². The van der Waals surface area contributed by atoms with Crippen molar-refractivity contribution in [2.24, 2.45) is 11.8 Å². The third-order valence-electron chi connectivity index (χ3n) is 3.50. The number of carbonyl (C=O) groups is 2. The van der Waals surface area contributed by atoms with Crippen LogP contribution in [0.4, 0.5) is 4.39 Å². The highest BCUT2D eigenvalue weighted by atomic mass is 35.5. The number of carboxylic acids is 1. The van der Waals surface area contributed by atoms with E-state index in [9.17, 15) is 14.0 Å². The van der Waals surface area contributed by atoms with Crippen LogP contribution in [0.5, 0.6) is 0 Å². The minimum absolute atomic E-state index is 0.0718. The second-order valence-electron chi connectivity index (χ2n) is 5.07. The van der Waals surface area contributed by atoms with Crippen molar-refractivity contribution in [2.75, 3.05) is 6.54 Å². The zero-order chi connectivity index (χ0) is 14.9. The molecule has 1 aliphatic carbocycles. The number of nitrogens with one attached hydrogen (secondary N) is 1. The van der Waals surface area contributed by atoms with Gasteiger partial charge in [0.05, 0.1) is 5.92 Å². The summed E-state index contributed by atoms with van der Waals surface area (Å²) in [6, 6.07) is 4.44. The van der Waals surface area contributed by atoms with Crippen LogP contribution in [0.15, 0.2) is 18.2 Å². The van der Waals surface area contributed by atoms with E-state index in [1.165, 1.54) is 19.1 Å². The van der Waals surface area contributed by atoms with E-state index in [4.69, 9.17) is 16.7 Å². The van der Waals surface area contributed by atoms with Crippen molar-refractivity contribution in [2.45, 2.75) is 19.3 Å². The van der Waals surface area contributed by atoms with Crippen LogP contribution in [-0.4, -0.2) is 23.5 Å². The maximum Gasteiger partial charge on any atom is 0.308 e. The predicted octanol–water partition coefficient (Wildman–Crippen LogP) is 2.42. The molecule has 0 bridgehead atoms. The number of halogens is 2. The van der Waals surface area contributed by atoms with E-state index in [1.54, 1.807) is 6.07 Å². The highest BCUT2D eigenvalue weighted by molar-refractivity contribution is 6.31. The number of aliphatic carboxylic acids is 1. The largest absolute Gasteiger partial charge is 0.481 e. The summed E-state index contributed by atoms with van der Waals surface area (Å²) in [5.74, 6) is -2.81. The molecule has 0 heterocycles. The highest BCUT2D eigenvalue weighted by Crippen LogP contribution is 2.50. The molecule has 1 amide bonds.